The molecule has 30 heavy (non-hydrogen) atoms. The number of non-ortho nitro benzene ring substituents is 1. The summed E-state index contributed by atoms with van der Waals surface area (Å²) in [6, 6.07) is 12.3. The summed E-state index contributed by atoms with van der Waals surface area (Å²) in [5, 5.41) is 10.8. The lowest BCUT2D eigenvalue weighted by atomic mass is 10.1. The Morgan fingerprint density at radius 2 is 1.77 bits per heavy atom. The summed E-state index contributed by atoms with van der Waals surface area (Å²) in [7, 11) is 0. The van der Waals surface area contributed by atoms with Gasteiger partial charge in [-0.3, -0.25) is 24.5 Å². The Hall–Kier alpha value is -3.75. The monoisotopic (exact) mass is 411 g/mol. The number of carbonyl (C=O) groups is 3. The van der Waals surface area contributed by atoms with Crippen LogP contribution in [0.4, 0.5) is 17.1 Å². The number of nitrogens with zero attached hydrogens (tertiary/aromatic N) is 3. The van der Waals surface area contributed by atoms with E-state index in [9.17, 15) is 24.5 Å². The van der Waals surface area contributed by atoms with Crippen LogP contribution in [0.3, 0.4) is 0 Å². The van der Waals surface area contributed by atoms with E-state index in [1.807, 2.05) is 0 Å². The van der Waals surface area contributed by atoms with Crippen LogP contribution in [-0.2, 0) is 14.3 Å². The Labute approximate surface area is 173 Å². The van der Waals surface area contributed by atoms with Gasteiger partial charge >= 0.3 is 5.97 Å². The van der Waals surface area contributed by atoms with Crippen molar-refractivity contribution < 1.29 is 24.0 Å². The van der Waals surface area contributed by atoms with Gasteiger partial charge in [0.1, 0.15) is 0 Å². The number of hydrogen-bond donors (Lipinski definition) is 0. The van der Waals surface area contributed by atoms with Gasteiger partial charge in [-0.15, -0.1) is 0 Å². The smallest absolute Gasteiger partial charge is 0.307 e. The highest BCUT2D eigenvalue weighted by Gasteiger charge is 2.30. The maximum atomic E-state index is 13.1. The molecule has 9 nitrogen and oxygen atoms in total. The van der Waals surface area contributed by atoms with E-state index in [2.05, 4.69) is 0 Å². The van der Waals surface area contributed by atoms with Gasteiger partial charge in [0.05, 0.1) is 29.3 Å². The van der Waals surface area contributed by atoms with Crippen LogP contribution in [0.1, 0.15) is 30.1 Å². The van der Waals surface area contributed by atoms with Gasteiger partial charge in [0.2, 0.25) is 5.91 Å². The lowest BCUT2D eigenvalue weighted by Crippen LogP contribution is -2.33. The second kappa shape index (κ2) is 9.17. The van der Waals surface area contributed by atoms with Crippen LogP contribution in [0.5, 0.6) is 0 Å². The number of benzene rings is 2. The molecular formula is C21H21N3O6. The third-order valence-electron chi connectivity index (χ3n) is 4.73. The maximum Gasteiger partial charge on any atom is 0.307 e. The van der Waals surface area contributed by atoms with Gasteiger partial charge in [-0.25, -0.2) is 0 Å². The van der Waals surface area contributed by atoms with Crippen LogP contribution in [0, 0.1) is 10.1 Å². The Morgan fingerprint density at radius 3 is 2.40 bits per heavy atom. The Balaban J connectivity index is 1.89. The molecule has 156 valence electrons. The molecule has 9 heteroatoms. The van der Waals surface area contributed by atoms with Crippen LogP contribution in [0.25, 0.3) is 0 Å². The average molecular weight is 411 g/mol. The highest BCUT2D eigenvalue weighted by atomic mass is 16.6. The minimum Gasteiger partial charge on any atom is -0.466 e. The van der Waals surface area contributed by atoms with Crippen molar-refractivity contribution in [3.05, 3.63) is 64.2 Å². The molecular weight excluding hydrogens is 390 g/mol. The first kappa shape index (κ1) is 21.0. The number of carbonyl (C=O) groups excluding carboxylic acids is 3. The van der Waals surface area contributed by atoms with E-state index < -0.39 is 10.9 Å². The summed E-state index contributed by atoms with van der Waals surface area (Å²) >= 11 is 0. The summed E-state index contributed by atoms with van der Waals surface area (Å²) in [5.74, 6) is -0.964. The maximum absolute atomic E-state index is 13.1. The van der Waals surface area contributed by atoms with Crippen molar-refractivity contribution in [2.24, 2.45) is 0 Å². The normalized spacial score (nSPS) is 13.4. The number of hydrogen-bond acceptors (Lipinski definition) is 6. The van der Waals surface area contributed by atoms with Gasteiger partial charge < -0.3 is 14.5 Å². The standard InChI is InChI=1S/C21H21N3O6/c1-2-30-20(26)12-14-22-17-5-3-4-6-18(17)23(13-11-19(22)25)21(27)15-7-9-16(10-8-15)24(28)29/h3-10H,2,11-14H2,1H3. The molecule has 0 aromatic heterocycles. The zero-order valence-corrected chi connectivity index (χ0v) is 16.4. The molecule has 2 aromatic carbocycles. The molecule has 0 aliphatic carbocycles. The summed E-state index contributed by atoms with van der Waals surface area (Å²) in [5.41, 5.74) is 1.24. The van der Waals surface area contributed by atoms with Crippen molar-refractivity contribution in [3.8, 4) is 0 Å². The average Bonchev–Trinajstić information content (AvgIpc) is 2.88. The van der Waals surface area contributed by atoms with Crippen LogP contribution in [0.2, 0.25) is 0 Å². The van der Waals surface area contributed by atoms with Crippen LogP contribution < -0.4 is 9.80 Å². The molecule has 1 aliphatic rings. The fraction of sp³-hybridized carbons (Fsp3) is 0.286. The van der Waals surface area contributed by atoms with Crippen molar-refractivity contribution in [2.75, 3.05) is 29.5 Å². The second-order valence-electron chi connectivity index (χ2n) is 6.60. The lowest BCUT2D eigenvalue weighted by Gasteiger charge is -2.25. The van der Waals surface area contributed by atoms with E-state index in [4.69, 9.17) is 4.74 Å². The number of para-hydroxylation sites is 2. The molecule has 2 aromatic rings. The molecule has 3 rings (SSSR count). The highest BCUT2D eigenvalue weighted by Crippen LogP contribution is 2.34. The second-order valence-corrected chi connectivity index (χ2v) is 6.60. The first-order valence-electron chi connectivity index (χ1n) is 9.53. The van der Waals surface area contributed by atoms with Crippen molar-refractivity contribution in [1.82, 2.24) is 0 Å². The molecule has 0 saturated carbocycles. The molecule has 0 atom stereocenters. The molecule has 0 N–H and O–H groups in total. The largest absolute Gasteiger partial charge is 0.466 e. The number of esters is 1. The minimum atomic E-state index is -0.532. The fourth-order valence-corrected chi connectivity index (χ4v) is 3.29. The predicted octanol–water partition coefficient (Wildman–Crippen LogP) is 2.93. The van der Waals surface area contributed by atoms with Gasteiger partial charge in [-0.1, -0.05) is 12.1 Å². The van der Waals surface area contributed by atoms with Crippen molar-refractivity contribution in [2.45, 2.75) is 19.8 Å². The number of fused-ring (bicyclic) bond motifs is 1. The summed E-state index contributed by atoms with van der Waals surface area (Å²) in [6.45, 7) is 2.28. The molecule has 0 saturated heterocycles. The molecule has 0 spiro atoms. The van der Waals surface area contributed by atoms with Crippen molar-refractivity contribution >= 4 is 34.8 Å². The Bertz CT molecular complexity index is 973. The zero-order valence-electron chi connectivity index (χ0n) is 16.4. The minimum absolute atomic E-state index is 0.0458. The van der Waals surface area contributed by atoms with Gasteiger partial charge in [0, 0.05) is 37.2 Å². The molecule has 1 aliphatic heterocycles. The third kappa shape index (κ3) is 4.45. The molecule has 0 fully saturated rings. The van der Waals surface area contributed by atoms with E-state index in [1.54, 1.807) is 31.2 Å². The number of amides is 2. The highest BCUT2D eigenvalue weighted by molar-refractivity contribution is 6.11. The van der Waals surface area contributed by atoms with E-state index in [0.717, 1.165) is 0 Å². The molecule has 1 heterocycles. The van der Waals surface area contributed by atoms with Crippen molar-refractivity contribution in [1.29, 1.82) is 0 Å². The quantitative estimate of drug-likeness (QED) is 0.411. The van der Waals surface area contributed by atoms with Crippen LogP contribution in [0.15, 0.2) is 48.5 Å². The lowest BCUT2D eigenvalue weighted by molar-refractivity contribution is -0.384. The van der Waals surface area contributed by atoms with E-state index in [1.165, 1.54) is 34.1 Å². The van der Waals surface area contributed by atoms with Gasteiger partial charge in [0.15, 0.2) is 0 Å². The number of anilines is 2. The fourth-order valence-electron chi connectivity index (χ4n) is 3.29. The van der Waals surface area contributed by atoms with Gasteiger partial charge in [-0.05, 0) is 31.2 Å². The SMILES string of the molecule is CCOC(=O)CCN1C(=O)CCN(C(=O)c2ccc([N+](=O)[O-])cc2)c2ccccc21. The van der Waals surface area contributed by atoms with E-state index in [-0.39, 0.29) is 55.6 Å². The van der Waals surface area contributed by atoms with E-state index >= 15 is 0 Å². The molecule has 2 amide bonds. The third-order valence-corrected chi connectivity index (χ3v) is 4.73. The first-order valence-corrected chi connectivity index (χ1v) is 9.53. The number of nitro benzene ring substituents is 1. The molecule has 0 radical (unpaired) electrons. The van der Waals surface area contributed by atoms with Crippen molar-refractivity contribution in [3.63, 3.8) is 0 Å². The molecule has 0 unspecified atom stereocenters. The van der Waals surface area contributed by atoms with Gasteiger partial charge in [0.25, 0.3) is 11.6 Å². The Kier molecular flexibility index (Phi) is 6.41. The number of nitro groups is 1. The summed E-state index contributed by atoms with van der Waals surface area (Å²) in [4.78, 5) is 50.9. The predicted molar refractivity (Wildman–Crippen MR) is 109 cm³/mol. The first-order chi connectivity index (χ1) is 14.4. The number of ether oxygens (including phenoxy) is 1. The Morgan fingerprint density at radius 1 is 1.10 bits per heavy atom. The zero-order chi connectivity index (χ0) is 21.7. The topological polar surface area (TPSA) is 110 Å². The van der Waals surface area contributed by atoms with Gasteiger partial charge in [-0.2, -0.15) is 0 Å². The summed E-state index contributed by atoms with van der Waals surface area (Å²) in [6.07, 6.45) is 0.125. The van der Waals surface area contributed by atoms with Crippen LogP contribution in [-0.4, -0.2) is 42.4 Å². The summed E-state index contributed by atoms with van der Waals surface area (Å²) < 4.78 is 4.94. The number of rotatable bonds is 6. The van der Waals surface area contributed by atoms with E-state index in [0.29, 0.717) is 11.4 Å². The molecule has 0 bridgehead atoms. The van der Waals surface area contributed by atoms with Crippen LogP contribution >= 0.6 is 0 Å².